The van der Waals surface area contributed by atoms with Gasteiger partial charge in [-0.2, -0.15) is 5.26 Å². The lowest BCUT2D eigenvalue weighted by atomic mass is 9.98. The van der Waals surface area contributed by atoms with E-state index in [-0.39, 0.29) is 18.9 Å². The summed E-state index contributed by atoms with van der Waals surface area (Å²) in [5, 5.41) is 20.9. The first-order valence-corrected chi connectivity index (χ1v) is 9.76. The predicted molar refractivity (Wildman–Crippen MR) is 112 cm³/mol. The number of carboxylic acid groups (broad SMARTS) is 1. The summed E-state index contributed by atoms with van der Waals surface area (Å²) in [6.07, 6.45) is 0.556. The fourth-order valence-electron chi connectivity index (χ4n) is 3.85. The lowest BCUT2D eigenvalue weighted by Crippen LogP contribution is -2.43. The van der Waals surface area contributed by atoms with Crippen LogP contribution in [0, 0.1) is 11.3 Å². The maximum Gasteiger partial charge on any atom is 0.407 e. The van der Waals surface area contributed by atoms with Crippen LogP contribution >= 0.6 is 0 Å². The van der Waals surface area contributed by atoms with Gasteiger partial charge >= 0.3 is 12.1 Å². The van der Waals surface area contributed by atoms with E-state index < -0.39 is 18.1 Å². The summed E-state index contributed by atoms with van der Waals surface area (Å²) in [6, 6.07) is 19.7. The lowest BCUT2D eigenvalue weighted by Gasteiger charge is -2.17. The molecule has 31 heavy (non-hydrogen) atoms. The Morgan fingerprint density at radius 2 is 1.74 bits per heavy atom. The number of nitrogens with zero attached hydrogens (tertiary/aromatic N) is 2. The standard InChI is InChI=1S/C24H19N3O4/c25-13-15-9-10-26-16(11-15)12-22(23(28)29)27-24(30)31-14-21-19-7-3-1-5-17(19)18-6-2-4-8-20(18)21/h1-11,21-22H,12,14H2,(H,27,30)(H,28,29)/t22-/m0/s1. The molecule has 0 unspecified atom stereocenters. The Morgan fingerprint density at radius 1 is 1.10 bits per heavy atom. The van der Waals surface area contributed by atoms with Gasteiger partial charge in [0.25, 0.3) is 0 Å². The Morgan fingerprint density at radius 3 is 2.35 bits per heavy atom. The average molecular weight is 413 g/mol. The number of hydrogen-bond acceptors (Lipinski definition) is 5. The molecule has 1 atom stereocenters. The molecule has 0 spiro atoms. The van der Waals surface area contributed by atoms with Crippen LogP contribution in [0.2, 0.25) is 0 Å². The molecule has 3 aromatic rings. The number of fused-ring (bicyclic) bond motifs is 3. The number of carbonyl (C=O) groups excluding carboxylic acids is 1. The second kappa shape index (κ2) is 8.67. The van der Waals surface area contributed by atoms with E-state index in [1.807, 2.05) is 54.6 Å². The molecule has 0 aliphatic heterocycles. The number of nitriles is 1. The number of hydrogen-bond donors (Lipinski definition) is 2. The zero-order chi connectivity index (χ0) is 21.8. The zero-order valence-corrected chi connectivity index (χ0v) is 16.5. The Balaban J connectivity index is 1.43. The van der Waals surface area contributed by atoms with Gasteiger partial charge in [-0.05, 0) is 34.4 Å². The van der Waals surface area contributed by atoms with Crippen molar-refractivity contribution in [3.8, 4) is 17.2 Å². The zero-order valence-electron chi connectivity index (χ0n) is 16.5. The van der Waals surface area contributed by atoms with Crippen molar-refractivity contribution in [2.45, 2.75) is 18.4 Å². The summed E-state index contributed by atoms with van der Waals surface area (Å²) in [7, 11) is 0. The summed E-state index contributed by atoms with van der Waals surface area (Å²) in [5.41, 5.74) is 5.13. The number of carboxylic acids is 1. The first-order chi connectivity index (χ1) is 15.1. The van der Waals surface area contributed by atoms with Crippen LogP contribution in [0.25, 0.3) is 11.1 Å². The van der Waals surface area contributed by atoms with Crippen molar-refractivity contribution < 1.29 is 19.4 Å². The van der Waals surface area contributed by atoms with Crippen LogP contribution in [0.15, 0.2) is 66.9 Å². The van der Waals surface area contributed by atoms with Crippen molar-refractivity contribution in [1.82, 2.24) is 10.3 Å². The summed E-state index contributed by atoms with van der Waals surface area (Å²) in [5.74, 6) is -1.33. The van der Waals surface area contributed by atoms with Crippen molar-refractivity contribution in [3.05, 3.63) is 89.2 Å². The third-order valence-electron chi connectivity index (χ3n) is 5.29. The van der Waals surface area contributed by atoms with Crippen molar-refractivity contribution in [1.29, 1.82) is 5.26 Å². The monoisotopic (exact) mass is 413 g/mol. The van der Waals surface area contributed by atoms with Gasteiger partial charge < -0.3 is 15.2 Å². The van der Waals surface area contributed by atoms with Crippen LogP contribution in [0.3, 0.4) is 0 Å². The van der Waals surface area contributed by atoms with E-state index in [4.69, 9.17) is 10.00 Å². The highest BCUT2D eigenvalue weighted by atomic mass is 16.5. The number of pyridine rings is 1. The Hall–Kier alpha value is -4.18. The normalized spacial score (nSPS) is 12.9. The number of aromatic nitrogens is 1. The number of nitrogens with one attached hydrogen (secondary N) is 1. The van der Waals surface area contributed by atoms with E-state index in [0.717, 1.165) is 22.3 Å². The molecule has 1 aromatic heterocycles. The Kier molecular flexibility index (Phi) is 5.63. The molecule has 4 rings (SSSR count). The van der Waals surface area contributed by atoms with Gasteiger partial charge in [-0.15, -0.1) is 0 Å². The number of ether oxygens (including phenoxy) is 1. The largest absolute Gasteiger partial charge is 0.480 e. The van der Waals surface area contributed by atoms with Gasteiger partial charge in [-0.3, -0.25) is 4.98 Å². The molecule has 0 bridgehead atoms. The fourth-order valence-corrected chi connectivity index (χ4v) is 3.85. The molecule has 1 heterocycles. The minimum Gasteiger partial charge on any atom is -0.480 e. The molecule has 7 nitrogen and oxygen atoms in total. The van der Waals surface area contributed by atoms with E-state index in [9.17, 15) is 14.7 Å². The molecule has 0 saturated carbocycles. The van der Waals surface area contributed by atoms with Crippen LogP contribution in [0.4, 0.5) is 4.79 Å². The van der Waals surface area contributed by atoms with E-state index in [1.165, 1.54) is 18.3 Å². The van der Waals surface area contributed by atoms with Crippen LogP contribution in [-0.2, 0) is 16.0 Å². The molecule has 0 fully saturated rings. The van der Waals surface area contributed by atoms with Gasteiger partial charge in [0.2, 0.25) is 0 Å². The van der Waals surface area contributed by atoms with Gasteiger partial charge in [0.1, 0.15) is 12.6 Å². The molecule has 1 aliphatic carbocycles. The molecule has 1 amide bonds. The summed E-state index contributed by atoms with van der Waals surface area (Å²) < 4.78 is 5.42. The smallest absolute Gasteiger partial charge is 0.407 e. The molecule has 2 N–H and O–H groups in total. The van der Waals surface area contributed by atoms with Crippen molar-refractivity contribution in [3.63, 3.8) is 0 Å². The van der Waals surface area contributed by atoms with Crippen LogP contribution in [0.1, 0.15) is 28.3 Å². The molecular weight excluding hydrogens is 394 g/mol. The molecule has 7 heteroatoms. The Bertz CT molecular complexity index is 1140. The van der Waals surface area contributed by atoms with Crippen molar-refractivity contribution in [2.75, 3.05) is 6.61 Å². The maximum atomic E-state index is 12.4. The third kappa shape index (κ3) is 4.23. The highest BCUT2D eigenvalue weighted by Gasteiger charge is 2.29. The second-order valence-corrected chi connectivity index (χ2v) is 7.21. The van der Waals surface area contributed by atoms with Crippen LogP contribution in [0.5, 0.6) is 0 Å². The molecule has 154 valence electrons. The molecular formula is C24H19N3O4. The number of carbonyl (C=O) groups is 2. The van der Waals surface area contributed by atoms with Gasteiger partial charge in [0, 0.05) is 24.2 Å². The Labute approximate surface area is 178 Å². The summed E-state index contributed by atoms with van der Waals surface area (Å²) in [6.45, 7) is 0.0916. The predicted octanol–water partition coefficient (Wildman–Crippen LogP) is 3.49. The van der Waals surface area contributed by atoms with E-state index in [1.54, 1.807) is 0 Å². The third-order valence-corrected chi connectivity index (χ3v) is 5.29. The lowest BCUT2D eigenvalue weighted by molar-refractivity contribution is -0.139. The van der Waals surface area contributed by atoms with Gasteiger partial charge in [0.15, 0.2) is 0 Å². The highest BCUT2D eigenvalue weighted by Crippen LogP contribution is 2.44. The van der Waals surface area contributed by atoms with Gasteiger partial charge in [-0.25, -0.2) is 9.59 Å². The maximum absolute atomic E-state index is 12.4. The summed E-state index contributed by atoms with van der Waals surface area (Å²) >= 11 is 0. The van der Waals surface area contributed by atoms with Gasteiger partial charge in [-0.1, -0.05) is 48.5 Å². The van der Waals surface area contributed by atoms with E-state index in [2.05, 4.69) is 10.3 Å². The topological polar surface area (TPSA) is 112 Å². The minimum absolute atomic E-state index is 0.0605. The van der Waals surface area contributed by atoms with Crippen LogP contribution < -0.4 is 5.32 Å². The first-order valence-electron chi connectivity index (χ1n) is 9.76. The fraction of sp³-hybridized carbons (Fsp3) is 0.167. The van der Waals surface area contributed by atoms with E-state index >= 15 is 0 Å². The number of aliphatic carboxylic acids is 1. The van der Waals surface area contributed by atoms with Gasteiger partial charge in [0.05, 0.1) is 11.6 Å². The minimum atomic E-state index is -1.22. The number of amides is 1. The highest BCUT2D eigenvalue weighted by molar-refractivity contribution is 5.81. The SMILES string of the molecule is N#Cc1ccnc(C[C@H](NC(=O)OCC2c3ccccc3-c3ccccc32)C(=O)O)c1. The number of rotatable bonds is 6. The average Bonchev–Trinajstić information content (AvgIpc) is 3.11. The van der Waals surface area contributed by atoms with Crippen molar-refractivity contribution in [2.24, 2.45) is 0 Å². The summed E-state index contributed by atoms with van der Waals surface area (Å²) in [4.78, 5) is 28.1. The number of alkyl carbamates (subject to hydrolysis) is 1. The quantitative estimate of drug-likeness (QED) is 0.640. The second-order valence-electron chi connectivity index (χ2n) is 7.21. The number of benzene rings is 2. The molecule has 1 aliphatic rings. The van der Waals surface area contributed by atoms with E-state index in [0.29, 0.717) is 11.3 Å². The van der Waals surface area contributed by atoms with Crippen LogP contribution in [-0.4, -0.2) is 34.8 Å². The molecule has 2 aromatic carbocycles. The molecule has 0 saturated heterocycles. The first kappa shape index (κ1) is 20.1. The molecule has 0 radical (unpaired) electrons. The van der Waals surface area contributed by atoms with Crippen molar-refractivity contribution >= 4 is 12.1 Å².